The fraction of sp³-hybridized carbons (Fsp3) is 0.500. The van der Waals surface area contributed by atoms with Crippen molar-refractivity contribution < 1.29 is 19.1 Å². The standard InChI is InChI=1S/C16H24N2O4/c1-4-22-14-7-5-13(11-15(14)21-3)6-8-16(20)18-10-9-17-12(2)19/h5,7,11H,4,6,8-10H2,1-3H3,(H,17,19)(H,18,20). The van der Waals surface area contributed by atoms with Gasteiger partial charge in [0, 0.05) is 26.4 Å². The summed E-state index contributed by atoms with van der Waals surface area (Å²) in [5, 5.41) is 5.38. The van der Waals surface area contributed by atoms with Crippen LogP contribution in [0, 0.1) is 0 Å². The SMILES string of the molecule is CCOc1ccc(CCC(=O)NCCNC(C)=O)cc1OC. The summed E-state index contributed by atoms with van der Waals surface area (Å²) < 4.78 is 10.7. The van der Waals surface area contributed by atoms with Crippen LogP contribution in [0.4, 0.5) is 0 Å². The molecule has 0 aliphatic heterocycles. The molecule has 0 aliphatic carbocycles. The summed E-state index contributed by atoms with van der Waals surface area (Å²) in [6.45, 7) is 4.81. The van der Waals surface area contributed by atoms with Gasteiger partial charge in [-0.15, -0.1) is 0 Å². The molecule has 0 saturated carbocycles. The maximum Gasteiger partial charge on any atom is 0.220 e. The van der Waals surface area contributed by atoms with Crippen molar-refractivity contribution in [3.8, 4) is 11.5 Å². The minimum Gasteiger partial charge on any atom is -0.493 e. The summed E-state index contributed by atoms with van der Waals surface area (Å²) >= 11 is 0. The smallest absolute Gasteiger partial charge is 0.220 e. The summed E-state index contributed by atoms with van der Waals surface area (Å²) in [5.74, 6) is 1.23. The Kier molecular flexibility index (Phi) is 7.81. The molecule has 22 heavy (non-hydrogen) atoms. The summed E-state index contributed by atoms with van der Waals surface area (Å²) in [4.78, 5) is 22.4. The number of hydrogen-bond acceptors (Lipinski definition) is 4. The fourth-order valence-electron chi connectivity index (χ4n) is 1.93. The molecule has 0 aliphatic rings. The molecule has 6 nitrogen and oxygen atoms in total. The molecule has 0 fully saturated rings. The lowest BCUT2D eigenvalue weighted by atomic mass is 10.1. The third-order valence-electron chi connectivity index (χ3n) is 2.99. The van der Waals surface area contributed by atoms with E-state index in [1.54, 1.807) is 7.11 Å². The van der Waals surface area contributed by atoms with Crippen LogP contribution in [0.25, 0.3) is 0 Å². The minimum absolute atomic E-state index is 0.0433. The molecule has 0 aromatic heterocycles. The van der Waals surface area contributed by atoms with Gasteiger partial charge in [0.1, 0.15) is 0 Å². The predicted molar refractivity (Wildman–Crippen MR) is 84.2 cm³/mol. The van der Waals surface area contributed by atoms with E-state index in [-0.39, 0.29) is 11.8 Å². The molecule has 122 valence electrons. The quantitative estimate of drug-likeness (QED) is 0.674. The highest BCUT2D eigenvalue weighted by Crippen LogP contribution is 2.28. The molecule has 1 aromatic carbocycles. The van der Waals surface area contributed by atoms with Crippen LogP contribution in [0.2, 0.25) is 0 Å². The van der Waals surface area contributed by atoms with Crippen LogP contribution in [0.1, 0.15) is 25.8 Å². The van der Waals surface area contributed by atoms with E-state index in [1.165, 1.54) is 6.92 Å². The van der Waals surface area contributed by atoms with E-state index in [4.69, 9.17) is 9.47 Å². The molecule has 1 aromatic rings. The van der Waals surface area contributed by atoms with Gasteiger partial charge in [0.05, 0.1) is 13.7 Å². The number of methoxy groups -OCH3 is 1. The van der Waals surface area contributed by atoms with E-state index in [0.717, 1.165) is 5.56 Å². The van der Waals surface area contributed by atoms with Crippen molar-refractivity contribution in [3.05, 3.63) is 23.8 Å². The Morgan fingerprint density at radius 2 is 1.86 bits per heavy atom. The summed E-state index contributed by atoms with van der Waals surface area (Å²) in [5.41, 5.74) is 1.01. The van der Waals surface area contributed by atoms with Crippen molar-refractivity contribution in [3.63, 3.8) is 0 Å². The van der Waals surface area contributed by atoms with E-state index in [1.807, 2.05) is 25.1 Å². The van der Waals surface area contributed by atoms with Crippen LogP contribution in [0.15, 0.2) is 18.2 Å². The van der Waals surface area contributed by atoms with Gasteiger partial charge >= 0.3 is 0 Å². The molecular formula is C16H24N2O4. The van der Waals surface area contributed by atoms with Gasteiger partial charge in [-0.1, -0.05) is 6.07 Å². The zero-order valence-electron chi connectivity index (χ0n) is 13.4. The molecule has 6 heteroatoms. The second-order valence-electron chi connectivity index (χ2n) is 4.75. The predicted octanol–water partition coefficient (Wildman–Crippen LogP) is 1.28. The second-order valence-corrected chi connectivity index (χ2v) is 4.75. The molecule has 0 radical (unpaired) electrons. The van der Waals surface area contributed by atoms with E-state index >= 15 is 0 Å². The third kappa shape index (κ3) is 6.47. The van der Waals surface area contributed by atoms with Crippen LogP contribution in [0.5, 0.6) is 11.5 Å². The molecule has 0 bridgehead atoms. The summed E-state index contributed by atoms with van der Waals surface area (Å²) in [6.07, 6.45) is 1.01. The number of nitrogens with one attached hydrogen (secondary N) is 2. The van der Waals surface area contributed by atoms with Crippen molar-refractivity contribution in [2.75, 3.05) is 26.8 Å². The number of hydrogen-bond donors (Lipinski definition) is 2. The Morgan fingerprint density at radius 1 is 1.14 bits per heavy atom. The summed E-state index contributed by atoms with van der Waals surface area (Å²) in [7, 11) is 1.59. The number of amides is 2. The van der Waals surface area contributed by atoms with Gasteiger partial charge in [-0.05, 0) is 31.0 Å². The minimum atomic E-state index is -0.101. The molecule has 0 unspecified atom stereocenters. The van der Waals surface area contributed by atoms with Crippen LogP contribution in [0.3, 0.4) is 0 Å². The average molecular weight is 308 g/mol. The number of rotatable bonds is 9. The normalized spacial score (nSPS) is 9.95. The molecule has 2 amide bonds. The topological polar surface area (TPSA) is 76.7 Å². The van der Waals surface area contributed by atoms with Gasteiger partial charge in [-0.3, -0.25) is 9.59 Å². The van der Waals surface area contributed by atoms with Crippen molar-refractivity contribution in [2.24, 2.45) is 0 Å². The van der Waals surface area contributed by atoms with Gasteiger partial charge in [0.25, 0.3) is 0 Å². The van der Waals surface area contributed by atoms with Crippen LogP contribution < -0.4 is 20.1 Å². The van der Waals surface area contributed by atoms with Gasteiger partial charge in [-0.2, -0.15) is 0 Å². The van der Waals surface area contributed by atoms with Gasteiger partial charge in [-0.25, -0.2) is 0 Å². The highest BCUT2D eigenvalue weighted by molar-refractivity contribution is 5.76. The molecule has 0 heterocycles. The number of aryl methyl sites for hydroxylation is 1. The maximum absolute atomic E-state index is 11.7. The molecule has 0 atom stereocenters. The van der Waals surface area contributed by atoms with E-state index in [9.17, 15) is 9.59 Å². The van der Waals surface area contributed by atoms with E-state index in [0.29, 0.717) is 44.0 Å². The highest BCUT2D eigenvalue weighted by Gasteiger charge is 2.07. The highest BCUT2D eigenvalue weighted by atomic mass is 16.5. The van der Waals surface area contributed by atoms with Crippen molar-refractivity contribution in [1.82, 2.24) is 10.6 Å². The lowest BCUT2D eigenvalue weighted by molar-refractivity contribution is -0.122. The van der Waals surface area contributed by atoms with Gasteiger partial charge in [0.2, 0.25) is 11.8 Å². The number of carbonyl (C=O) groups is 2. The van der Waals surface area contributed by atoms with E-state index < -0.39 is 0 Å². The molecule has 0 saturated heterocycles. The van der Waals surface area contributed by atoms with Gasteiger partial charge < -0.3 is 20.1 Å². The monoisotopic (exact) mass is 308 g/mol. The van der Waals surface area contributed by atoms with Crippen molar-refractivity contribution in [2.45, 2.75) is 26.7 Å². The van der Waals surface area contributed by atoms with E-state index in [2.05, 4.69) is 10.6 Å². The van der Waals surface area contributed by atoms with Gasteiger partial charge in [0.15, 0.2) is 11.5 Å². The second kappa shape index (κ2) is 9.65. The fourth-order valence-corrected chi connectivity index (χ4v) is 1.93. The Labute approximate surface area is 131 Å². The van der Waals surface area contributed by atoms with Crippen molar-refractivity contribution >= 4 is 11.8 Å². The number of benzene rings is 1. The summed E-state index contributed by atoms with van der Waals surface area (Å²) in [6, 6.07) is 5.67. The lowest BCUT2D eigenvalue weighted by Crippen LogP contribution is -2.33. The molecule has 0 spiro atoms. The van der Waals surface area contributed by atoms with Crippen LogP contribution >= 0.6 is 0 Å². The third-order valence-corrected chi connectivity index (χ3v) is 2.99. The Bertz CT molecular complexity index is 503. The number of ether oxygens (including phenoxy) is 2. The largest absolute Gasteiger partial charge is 0.493 e. The molecule has 1 rings (SSSR count). The maximum atomic E-state index is 11.7. The van der Waals surface area contributed by atoms with Crippen LogP contribution in [-0.4, -0.2) is 38.6 Å². The first-order valence-electron chi connectivity index (χ1n) is 7.37. The Balaban J connectivity index is 2.40. The van der Waals surface area contributed by atoms with Crippen LogP contribution in [-0.2, 0) is 16.0 Å². The first kappa shape index (κ1) is 17.8. The first-order chi connectivity index (χ1) is 10.6. The first-order valence-corrected chi connectivity index (χ1v) is 7.37. The molecular weight excluding hydrogens is 284 g/mol. The average Bonchev–Trinajstić information content (AvgIpc) is 2.50. The lowest BCUT2D eigenvalue weighted by Gasteiger charge is -2.11. The Hall–Kier alpha value is -2.24. The number of carbonyl (C=O) groups excluding carboxylic acids is 2. The molecule has 2 N–H and O–H groups in total. The Morgan fingerprint density at radius 3 is 2.50 bits per heavy atom. The zero-order valence-corrected chi connectivity index (χ0v) is 13.4. The zero-order chi connectivity index (χ0) is 16.4. The van der Waals surface area contributed by atoms with Crippen molar-refractivity contribution in [1.29, 1.82) is 0 Å².